The van der Waals surface area contributed by atoms with Gasteiger partial charge in [-0.3, -0.25) is 19.9 Å². The lowest BCUT2D eigenvalue weighted by molar-refractivity contribution is -0.147. The number of carbonyl (C=O) groups is 1. The van der Waals surface area contributed by atoms with E-state index in [9.17, 15) is 9.90 Å². The van der Waals surface area contributed by atoms with Crippen molar-refractivity contribution in [1.82, 2.24) is 15.1 Å². The molecule has 0 radical (unpaired) electrons. The van der Waals surface area contributed by atoms with Crippen LogP contribution in [0, 0.1) is 5.92 Å². The van der Waals surface area contributed by atoms with Crippen LogP contribution in [0.5, 0.6) is 0 Å². The first-order chi connectivity index (χ1) is 10.0. The molecule has 21 heavy (non-hydrogen) atoms. The van der Waals surface area contributed by atoms with Crippen molar-refractivity contribution >= 4 is 5.97 Å². The number of aliphatic carboxylic acids is 1. The van der Waals surface area contributed by atoms with Gasteiger partial charge in [0.2, 0.25) is 0 Å². The van der Waals surface area contributed by atoms with Crippen molar-refractivity contribution in [2.24, 2.45) is 5.92 Å². The Morgan fingerprint density at radius 1 is 1.19 bits per heavy atom. The lowest BCUT2D eigenvalue weighted by Gasteiger charge is -2.41. The number of carboxylic acid groups (broad SMARTS) is 1. The van der Waals surface area contributed by atoms with E-state index in [1.165, 1.54) is 12.8 Å². The molecule has 3 fully saturated rings. The van der Waals surface area contributed by atoms with Gasteiger partial charge in [0, 0.05) is 44.8 Å². The van der Waals surface area contributed by atoms with Crippen molar-refractivity contribution < 1.29 is 9.90 Å². The van der Waals surface area contributed by atoms with Crippen molar-refractivity contribution in [3.8, 4) is 0 Å². The summed E-state index contributed by atoms with van der Waals surface area (Å²) in [5.41, 5.74) is -0.740. The van der Waals surface area contributed by atoms with E-state index >= 15 is 0 Å². The Labute approximate surface area is 127 Å². The molecular formula is C16H29N3O2. The molecule has 1 atom stereocenters. The molecule has 2 N–H and O–H groups in total. The van der Waals surface area contributed by atoms with Crippen LogP contribution in [0.1, 0.15) is 39.5 Å². The van der Waals surface area contributed by atoms with Crippen LogP contribution < -0.4 is 5.32 Å². The standard InChI is InChI=1S/C16H29N3O2/c1-12(2)17-16(15(20)21,13-3-4-13)11-18-7-9-19(10-8-18)14-5-6-14/h12-14,17H,3-11H2,1-2H3,(H,20,21). The van der Waals surface area contributed by atoms with Crippen LogP contribution in [0.25, 0.3) is 0 Å². The Morgan fingerprint density at radius 2 is 1.81 bits per heavy atom. The quantitative estimate of drug-likeness (QED) is 0.734. The van der Waals surface area contributed by atoms with Gasteiger partial charge >= 0.3 is 5.97 Å². The van der Waals surface area contributed by atoms with Gasteiger partial charge in [0.1, 0.15) is 5.54 Å². The van der Waals surface area contributed by atoms with Gasteiger partial charge in [-0.1, -0.05) is 0 Å². The highest BCUT2D eigenvalue weighted by molar-refractivity contribution is 5.80. The zero-order valence-electron chi connectivity index (χ0n) is 13.3. The van der Waals surface area contributed by atoms with Gasteiger partial charge in [0.25, 0.3) is 0 Å². The predicted molar refractivity (Wildman–Crippen MR) is 82.4 cm³/mol. The van der Waals surface area contributed by atoms with Gasteiger partial charge in [-0.2, -0.15) is 0 Å². The van der Waals surface area contributed by atoms with E-state index in [0.717, 1.165) is 45.1 Å². The molecule has 0 aromatic rings. The molecule has 3 rings (SSSR count). The fraction of sp³-hybridized carbons (Fsp3) is 0.938. The maximum absolute atomic E-state index is 12.0. The van der Waals surface area contributed by atoms with E-state index in [2.05, 4.69) is 15.1 Å². The third-order valence-electron chi connectivity index (χ3n) is 5.15. The summed E-state index contributed by atoms with van der Waals surface area (Å²) in [6, 6.07) is 1.03. The van der Waals surface area contributed by atoms with Crippen LogP contribution in [0.15, 0.2) is 0 Å². The van der Waals surface area contributed by atoms with Gasteiger partial charge in [-0.15, -0.1) is 0 Å². The van der Waals surface area contributed by atoms with E-state index in [4.69, 9.17) is 0 Å². The summed E-state index contributed by atoms with van der Waals surface area (Å²) >= 11 is 0. The number of nitrogens with zero attached hydrogens (tertiary/aromatic N) is 2. The van der Waals surface area contributed by atoms with Crippen molar-refractivity contribution in [1.29, 1.82) is 0 Å². The first-order valence-corrected chi connectivity index (χ1v) is 8.49. The zero-order valence-corrected chi connectivity index (χ0v) is 13.3. The summed E-state index contributed by atoms with van der Waals surface area (Å²) in [6.07, 6.45) is 4.81. The normalized spacial score (nSPS) is 27.8. The van der Waals surface area contributed by atoms with Crippen LogP contribution in [0.4, 0.5) is 0 Å². The van der Waals surface area contributed by atoms with Gasteiger partial charge in [0.15, 0.2) is 0 Å². The van der Waals surface area contributed by atoms with Crippen molar-refractivity contribution in [2.75, 3.05) is 32.7 Å². The molecule has 0 aromatic carbocycles. The molecule has 5 nitrogen and oxygen atoms in total. The first kappa shape index (κ1) is 15.3. The summed E-state index contributed by atoms with van der Waals surface area (Å²) in [7, 11) is 0. The fourth-order valence-electron chi connectivity index (χ4n) is 3.77. The maximum atomic E-state index is 12.0. The Kier molecular flexibility index (Phi) is 4.26. The molecule has 120 valence electrons. The van der Waals surface area contributed by atoms with E-state index in [1.54, 1.807) is 0 Å². The molecule has 2 aliphatic carbocycles. The van der Waals surface area contributed by atoms with Gasteiger partial charge in [-0.25, -0.2) is 0 Å². The van der Waals surface area contributed by atoms with Gasteiger partial charge < -0.3 is 5.11 Å². The molecule has 1 heterocycles. The van der Waals surface area contributed by atoms with Crippen LogP contribution in [0.3, 0.4) is 0 Å². The molecule has 2 saturated carbocycles. The summed E-state index contributed by atoms with van der Waals surface area (Å²) in [5.74, 6) is -0.359. The second-order valence-electron chi connectivity index (χ2n) is 7.39. The molecule has 0 aromatic heterocycles. The molecule has 1 saturated heterocycles. The highest BCUT2D eigenvalue weighted by Gasteiger charge is 2.52. The Hall–Kier alpha value is -0.650. The van der Waals surface area contributed by atoms with Crippen molar-refractivity contribution in [3.63, 3.8) is 0 Å². The van der Waals surface area contributed by atoms with Crippen LogP contribution in [-0.4, -0.2) is 71.2 Å². The third-order valence-corrected chi connectivity index (χ3v) is 5.15. The first-order valence-electron chi connectivity index (χ1n) is 8.49. The Morgan fingerprint density at radius 3 is 2.24 bits per heavy atom. The second kappa shape index (κ2) is 5.86. The van der Waals surface area contributed by atoms with Gasteiger partial charge in [0.05, 0.1) is 0 Å². The minimum atomic E-state index is -0.740. The van der Waals surface area contributed by atoms with E-state index in [-0.39, 0.29) is 6.04 Å². The fourth-order valence-corrected chi connectivity index (χ4v) is 3.77. The minimum absolute atomic E-state index is 0.203. The van der Waals surface area contributed by atoms with E-state index < -0.39 is 11.5 Å². The van der Waals surface area contributed by atoms with Crippen molar-refractivity contribution in [3.05, 3.63) is 0 Å². The van der Waals surface area contributed by atoms with E-state index in [1.807, 2.05) is 13.8 Å². The summed E-state index contributed by atoms with van der Waals surface area (Å²) in [4.78, 5) is 16.9. The summed E-state index contributed by atoms with van der Waals surface area (Å²) < 4.78 is 0. The van der Waals surface area contributed by atoms with E-state index in [0.29, 0.717) is 12.5 Å². The topological polar surface area (TPSA) is 55.8 Å². The smallest absolute Gasteiger partial charge is 0.325 e. The number of carboxylic acids is 1. The third kappa shape index (κ3) is 3.41. The summed E-state index contributed by atoms with van der Waals surface area (Å²) in [5, 5.41) is 13.3. The van der Waals surface area contributed by atoms with Crippen LogP contribution in [-0.2, 0) is 4.79 Å². The molecule has 5 heteroatoms. The molecule has 0 amide bonds. The average Bonchev–Trinajstić information content (AvgIpc) is 3.28. The zero-order chi connectivity index (χ0) is 15.0. The lowest BCUT2D eigenvalue weighted by atomic mass is 9.91. The second-order valence-corrected chi connectivity index (χ2v) is 7.39. The predicted octanol–water partition coefficient (Wildman–Crippen LogP) is 0.998. The molecule has 0 bridgehead atoms. The van der Waals surface area contributed by atoms with Crippen LogP contribution >= 0.6 is 0 Å². The van der Waals surface area contributed by atoms with Gasteiger partial charge in [-0.05, 0) is 45.4 Å². The number of hydrogen-bond acceptors (Lipinski definition) is 4. The SMILES string of the molecule is CC(C)NC(CN1CCN(C2CC2)CC1)(C(=O)O)C1CC1. The molecule has 1 unspecified atom stereocenters. The molecule has 0 spiro atoms. The monoisotopic (exact) mass is 295 g/mol. The van der Waals surface area contributed by atoms with Crippen LogP contribution in [0.2, 0.25) is 0 Å². The van der Waals surface area contributed by atoms with Crippen molar-refractivity contribution in [2.45, 2.75) is 57.2 Å². The Bertz CT molecular complexity index is 385. The number of hydrogen-bond donors (Lipinski definition) is 2. The highest BCUT2D eigenvalue weighted by atomic mass is 16.4. The molecule has 3 aliphatic rings. The highest BCUT2D eigenvalue weighted by Crippen LogP contribution is 2.41. The lowest BCUT2D eigenvalue weighted by Crippen LogP contribution is -2.64. The number of nitrogens with one attached hydrogen (secondary N) is 1. The minimum Gasteiger partial charge on any atom is -0.480 e. The number of rotatable bonds is 7. The maximum Gasteiger partial charge on any atom is 0.325 e. The molecule has 1 aliphatic heterocycles. The molecular weight excluding hydrogens is 266 g/mol. The largest absolute Gasteiger partial charge is 0.480 e. The summed E-state index contributed by atoms with van der Waals surface area (Å²) in [6.45, 7) is 8.98. The number of piperazine rings is 1. The average molecular weight is 295 g/mol. The Balaban J connectivity index is 1.62.